The molecule has 0 heterocycles. The van der Waals surface area contributed by atoms with Crippen LogP contribution in [0, 0.1) is 13.8 Å². The van der Waals surface area contributed by atoms with Gasteiger partial charge >= 0.3 is 0 Å². The lowest BCUT2D eigenvalue weighted by molar-refractivity contribution is 1.02. The third kappa shape index (κ3) is 3.42. The van der Waals surface area contributed by atoms with Crippen LogP contribution in [0.5, 0.6) is 0 Å². The van der Waals surface area contributed by atoms with Gasteiger partial charge in [0.2, 0.25) is 0 Å². The molecule has 2 aromatic carbocycles. The van der Waals surface area contributed by atoms with Gasteiger partial charge in [-0.2, -0.15) is 0 Å². The summed E-state index contributed by atoms with van der Waals surface area (Å²) in [5, 5.41) is 1.05. The molecule has 0 spiro atoms. The number of hydrogen-bond acceptors (Lipinski definition) is 1. The first-order valence-electron chi connectivity index (χ1n) is 6.86. The Morgan fingerprint density at radius 1 is 0.684 bits per heavy atom. The molecule has 0 radical (unpaired) electrons. The lowest BCUT2D eigenvalue weighted by atomic mass is 10.1. The van der Waals surface area contributed by atoms with Gasteiger partial charge in [-0.1, -0.05) is 48.5 Å². The Morgan fingerprint density at radius 2 is 1.05 bits per heavy atom. The summed E-state index contributed by atoms with van der Waals surface area (Å²) < 4.78 is 0. The van der Waals surface area contributed by atoms with Crippen LogP contribution in [0.1, 0.15) is 46.6 Å². The maximum atomic E-state index is 2.31. The zero-order valence-corrected chi connectivity index (χ0v) is 13.0. The Morgan fingerprint density at radius 3 is 1.42 bits per heavy atom. The normalized spacial score (nSPS) is 14.1. The number of rotatable bonds is 4. The molecule has 2 rings (SSSR count). The van der Waals surface area contributed by atoms with Crippen LogP contribution in [0.2, 0.25) is 0 Å². The average molecular weight is 270 g/mol. The van der Waals surface area contributed by atoms with Crippen molar-refractivity contribution >= 4 is 11.8 Å². The summed E-state index contributed by atoms with van der Waals surface area (Å²) in [4.78, 5) is 0. The van der Waals surface area contributed by atoms with Crippen molar-refractivity contribution in [2.75, 3.05) is 0 Å². The third-order valence-electron chi connectivity index (χ3n) is 3.66. The van der Waals surface area contributed by atoms with Crippen LogP contribution in [0.25, 0.3) is 0 Å². The van der Waals surface area contributed by atoms with E-state index in [0.717, 1.165) is 0 Å². The minimum atomic E-state index is 0.524. The summed E-state index contributed by atoms with van der Waals surface area (Å²) in [5.74, 6) is 0. The summed E-state index contributed by atoms with van der Waals surface area (Å²) in [6.07, 6.45) is 0. The lowest BCUT2D eigenvalue weighted by Crippen LogP contribution is -1.98. The van der Waals surface area contributed by atoms with E-state index >= 15 is 0 Å². The van der Waals surface area contributed by atoms with Gasteiger partial charge in [-0.15, -0.1) is 11.8 Å². The van der Waals surface area contributed by atoms with Crippen molar-refractivity contribution in [1.82, 2.24) is 0 Å². The van der Waals surface area contributed by atoms with Crippen LogP contribution in [0.15, 0.2) is 48.5 Å². The first-order chi connectivity index (χ1) is 9.09. The van der Waals surface area contributed by atoms with Gasteiger partial charge in [-0.3, -0.25) is 0 Å². The van der Waals surface area contributed by atoms with Crippen molar-refractivity contribution in [3.05, 3.63) is 70.8 Å². The fourth-order valence-electron chi connectivity index (χ4n) is 2.54. The molecule has 0 aromatic heterocycles. The largest absolute Gasteiger partial charge is 0.146 e. The van der Waals surface area contributed by atoms with Gasteiger partial charge in [0.05, 0.1) is 0 Å². The van der Waals surface area contributed by atoms with Crippen molar-refractivity contribution in [3.8, 4) is 0 Å². The predicted octanol–water partition coefficient (Wildman–Crippen LogP) is 5.86. The maximum Gasteiger partial charge on any atom is 0.0277 e. The zero-order valence-electron chi connectivity index (χ0n) is 12.2. The van der Waals surface area contributed by atoms with Crippen LogP contribution in [-0.2, 0) is 0 Å². The molecule has 2 aromatic rings. The fraction of sp³-hybridized carbons (Fsp3) is 0.333. The van der Waals surface area contributed by atoms with Gasteiger partial charge in [0.25, 0.3) is 0 Å². The molecular weight excluding hydrogens is 248 g/mol. The molecule has 0 aliphatic carbocycles. The number of aryl methyl sites for hydroxylation is 2. The van der Waals surface area contributed by atoms with Crippen LogP contribution in [-0.4, -0.2) is 0 Å². The fourth-order valence-corrected chi connectivity index (χ4v) is 3.97. The van der Waals surface area contributed by atoms with E-state index in [4.69, 9.17) is 0 Å². The molecule has 0 N–H and O–H groups in total. The molecule has 19 heavy (non-hydrogen) atoms. The van der Waals surface area contributed by atoms with E-state index in [1.807, 2.05) is 11.8 Å². The van der Waals surface area contributed by atoms with E-state index in [1.165, 1.54) is 22.3 Å². The van der Waals surface area contributed by atoms with Crippen molar-refractivity contribution in [2.45, 2.75) is 38.2 Å². The molecule has 2 atom stereocenters. The summed E-state index contributed by atoms with van der Waals surface area (Å²) >= 11 is 2.03. The van der Waals surface area contributed by atoms with E-state index in [1.54, 1.807) is 0 Å². The van der Waals surface area contributed by atoms with Gasteiger partial charge < -0.3 is 0 Å². The van der Waals surface area contributed by atoms with Crippen molar-refractivity contribution < 1.29 is 0 Å². The first-order valence-corrected chi connectivity index (χ1v) is 7.80. The number of hydrogen-bond donors (Lipinski definition) is 0. The molecule has 0 nitrogen and oxygen atoms in total. The number of benzene rings is 2. The highest BCUT2D eigenvalue weighted by atomic mass is 32.2. The Hall–Kier alpha value is -1.21. The van der Waals surface area contributed by atoms with Crippen LogP contribution in [0.3, 0.4) is 0 Å². The molecule has 0 aliphatic heterocycles. The Labute approximate surface area is 121 Å². The second-order valence-corrected chi connectivity index (χ2v) is 6.82. The van der Waals surface area contributed by atoms with E-state index in [0.29, 0.717) is 10.5 Å². The van der Waals surface area contributed by atoms with Crippen molar-refractivity contribution in [2.24, 2.45) is 0 Å². The molecule has 0 saturated carbocycles. The quantitative estimate of drug-likeness (QED) is 0.670. The van der Waals surface area contributed by atoms with Crippen LogP contribution < -0.4 is 0 Å². The van der Waals surface area contributed by atoms with E-state index in [2.05, 4.69) is 76.2 Å². The summed E-state index contributed by atoms with van der Waals surface area (Å²) in [6, 6.07) is 17.4. The van der Waals surface area contributed by atoms with Gasteiger partial charge in [0.1, 0.15) is 0 Å². The second-order valence-electron chi connectivity index (χ2n) is 5.13. The molecule has 1 heteroatoms. The van der Waals surface area contributed by atoms with Crippen molar-refractivity contribution in [3.63, 3.8) is 0 Å². The molecule has 0 amide bonds. The average Bonchev–Trinajstić information content (AvgIpc) is 2.39. The Bertz CT molecular complexity index is 495. The molecule has 0 bridgehead atoms. The highest BCUT2D eigenvalue weighted by Crippen LogP contribution is 2.41. The van der Waals surface area contributed by atoms with E-state index in [-0.39, 0.29) is 0 Å². The first kappa shape index (κ1) is 14.2. The minimum absolute atomic E-state index is 0.524. The summed E-state index contributed by atoms with van der Waals surface area (Å²) in [7, 11) is 0. The van der Waals surface area contributed by atoms with Gasteiger partial charge in [0, 0.05) is 10.5 Å². The highest BCUT2D eigenvalue weighted by molar-refractivity contribution is 7.99. The third-order valence-corrected chi connectivity index (χ3v) is 4.99. The Kier molecular flexibility index (Phi) is 4.71. The standard InChI is InChI=1S/C18H22S/c1-13-9-5-7-11-17(13)15(3)19-16(4)18-12-8-6-10-14(18)2/h5-12,15-16H,1-4H3. The summed E-state index contributed by atoms with van der Waals surface area (Å²) in [6.45, 7) is 9.01. The van der Waals surface area contributed by atoms with Crippen LogP contribution in [0.4, 0.5) is 0 Å². The molecular formula is C18H22S. The highest BCUT2D eigenvalue weighted by Gasteiger charge is 2.15. The monoisotopic (exact) mass is 270 g/mol. The lowest BCUT2D eigenvalue weighted by Gasteiger charge is -2.20. The van der Waals surface area contributed by atoms with Gasteiger partial charge in [-0.05, 0) is 49.9 Å². The van der Waals surface area contributed by atoms with Gasteiger partial charge in [-0.25, -0.2) is 0 Å². The SMILES string of the molecule is Cc1ccccc1C(C)SC(C)c1ccccc1C. The smallest absolute Gasteiger partial charge is 0.0277 e. The minimum Gasteiger partial charge on any atom is -0.146 e. The molecule has 2 unspecified atom stereocenters. The zero-order chi connectivity index (χ0) is 13.8. The molecule has 0 saturated heterocycles. The topological polar surface area (TPSA) is 0 Å². The van der Waals surface area contributed by atoms with E-state index < -0.39 is 0 Å². The Balaban J connectivity index is 2.13. The molecule has 100 valence electrons. The second kappa shape index (κ2) is 6.29. The van der Waals surface area contributed by atoms with E-state index in [9.17, 15) is 0 Å². The van der Waals surface area contributed by atoms with Gasteiger partial charge in [0.15, 0.2) is 0 Å². The number of thioether (sulfide) groups is 1. The molecule has 0 aliphatic rings. The predicted molar refractivity (Wildman–Crippen MR) is 86.8 cm³/mol. The van der Waals surface area contributed by atoms with Crippen LogP contribution >= 0.6 is 11.8 Å². The maximum absolute atomic E-state index is 2.31. The molecule has 0 fully saturated rings. The van der Waals surface area contributed by atoms with Crippen molar-refractivity contribution in [1.29, 1.82) is 0 Å². The summed E-state index contributed by atoms with van der Waals surface area (Å²) in [5.41, 5.74) is 5.68.